The fourth-order valence-electron chi connectivity index (χ4n) is 12.2. The Hall–Kier alpha value is -4.07. The normalized spacial score (nSPS) is 30.7. The number of nitriles is 2. The summed E-state index contributed by atoms with van der Waals surface area (Å²) in [6.07, 6.45) is -7.88. The van der Waals surface area contributed by atoms with Crippen LogP contribution < -0.4 is 9.44 Å². The molecule has 23 heteroatoms. The molecule has 69 heavy (non-hydrogen) atoms. The van der Waals surface area contributed by atoms with Gasteiger partial charge in [-0.3, -0.25) is 4.90 Å². The molecular weight excluding hydrogens is 966 g/mol. The van der Waals surface area contributed by atoms with Crippen molar-refractivity contribution < 1.29 is 61.5 Å². The number of rotatable bonds is 7. The van der Waals surface area contributed by atoms with Crippen LogP contribution in [0.4, 0.5) is 39.5 Å². The Morgan fingerprint density at radius 1 is 0.710 bits per heavy atom. The molecule has 12 nitrogen and oxygen atoms in total. The van der Waals surface area contributed by atoms with E-state index < -0.39 is 75.1 Å². The molecule has 9 rings (SSSR count). The van der Waals surface area contributed by atoms with Gasteiger partial charge in [-0.15, -0.1) is 0 Å². The number of hydrogen-bond donors (Lipinski definition) is 3. The molecule has 2 aromatic rings. The molecule has 3 saturated heterocycles. The van der Waals surface area contributed by atoms with Gasteiger partial charge in [0.1, 0.15) is 19.2 Å². The van der Waals surface area contributed by atoms with Gasteiger partial charge in [-0.25, -0.2) is 0 Å². The van der Waals surface area contributed by atoms with Crippen molar-refractivity contribution in [3.8, 4) is 12.1 Å². The third-order valence-corrected chi connectivity index (χ3v) is 18.7. The minimum Gasteiger partial charge on any atom is -0.383 e. The van der Waals surface area contributed by atoms with E-state index in [9.17, 15) is 66.7 Å². The van der Waals surface area contributed by atoms with Crippen molar-refractivity contribution in [2.75, 3.05) is 45.8 Å². The lowest BCUT2D eigenvalue weighted by atomic mass is 9.79. The number of halogens is 9. The van der Waals surface area contributed by atoms with Crippen molar-refractivity contribution in [3.63, 3.8) is 0 Å². The molecule has 3 aliphatic heterocycles. The van der Waals surface area contributed by atoms with Crippen molar-refractivity contribution >= 4 is 26.5 Å². The highest BCUT2D eigenvalue weighted by atomic mass is 32.2. The lowest BCUT2D eigenvalue weighted by Gasteiger charge is -2.33. The average molecular weight is 1020 g/mol. The molecule has 376 valence electrons. The zero-order valence-electron chi connectivity index (χ0n) is 37.3. The van der Waals surface area contributed by atoms with Gasteiger partial charge in [0.25, 0.3) is 20.4 Å². The summed E-state index contributed by atoms with van der Waals surface area (Å²) in [5.74, 6) is -1.87. The third-order valence-electron chi connectivity index (χ3n) is 15.6. The SMILES string of the molecule is C=C(C#N)C(O)c1ccc2c(c1)C[C@H]1CC[C@@H](C2)[C@]12CN(CC(F)(F)F)S(=O)(=O)N2.N#C/C(=C\c1ccc2c(c1)C[C@H]1CC[C@@H](C2)[C@]12CN(CC(F)(F)F)S(=O)(=O)N2)CN1CCC(C(F)(F)F)CC1. The van der Waals surface area contributed by atoms with Gasteiger partial charge in [-0.1, -0.05) is 43.0 Å². The number of likely N-dealkylation sites (tertiary alicyclic amines) is 1. The molecule has 7 atom stereocenters. The molecule has 3 heterocycles. The lowest BCUT2D eigenvalue weighted by molar-refractivity contribution is -0.184. The standard InChI is InChI=1S/C26H30F6N4O2S.C20H22F3N3O3S/c27-25(28,29)16-36-15-24(34-39(36,37)38)22-3-4-23(24)12-20-10-17(1-2-19(20)11-22)9-18(13-33)14-35-7-5-21(6-8-35)26(30,31)32;1-12(9-24)18(27)14-3-2-13-7-16-4-5-17(8-15(13)6-14)19(16)10-26(11-20(21,22)23)30(28,29)25-19/h1-2,9-10,21-23,34H,3-8,11-12,14-16H2;2-3,6,16-18,25,27H,1,4-5,7-8,10-11H2/b18-9+;/t22-,23+,24+;16-,17+,18?,19+/m00/s1. The van der Waals surface area contributed by atoms with Crippen LogP contribution in [-0.2, 0) is 46.1 Å². The second kappa shape index (κ2) is 18.5. The smallest absolute Gasteiger partial charge is 0.383 e. The Bertz CT molecular complexity index is 2680. The average Bonchev–Trinajstić information content (AvgIpc) is 3.84. The summed E-state index contributed by atoms with van der Waals surface area (Å²) in [6.45, 7) is 0.901. The first-order valence-corrected chi connectivity index (χ1v) is 25.6. The van der Waals surface area contributed by atoms with E-state index in [-0.39, 0.29) is 74.8 Å². The van der Waals surface area contributed by atoms with Gasteiger partial charge < -0.3 is 5.11 Å². The maximum atomic E-state index is 13.1. The maximum absolute atomic E-state index is 13.1. The number of benzene rings is 2. The predicted molar refractivity (Wildman–Crippen MR) is 233 cm³/mol. The molecule has 4 bridgehead atoms. The first-order chi connectivity index (χ1) is 32.1. The molecule has 2 aromatic carbocycles. The van der Waals surface area contributed by atoms with E-state index in [4.69, 9.17) is 5.26 Å². The molecule has 1 unspecified atom stereocenters. The number of piperidine rings is 1. The Morgan fingerprint density at radius 3 is 1.59 bits per heavy atom. The Kier molecular flexibility index (Phi) is 13.8. The number of nitrogens with zero attached hydrogens (tertiary/aromatic N) is 5. The molecule has 0 amide bonds. The van der Waals surface area contributed by atoms with E-state index in [0.29, 0.717) is 58.3 Å². The van der Waals surface area contributed by atoms with Gasteiger partial charge in [-0.2, -0.15) is 84.9 Å². The molecule has 4 aliphatic carbocycles. The van der Waals surface area contributed by atoms with E-state index in [2.05, 4.69) is 22.1 Å². The largest absolute Gasteiger partial charge is 0.402 e. The van der Waals surface area contributed by atoms with Crippen LogP contribution in [0.15, 0.2) is 54.1 Å². The second-order valence-electron chi connectivity index (χ2n) is 19.8. The molecule has 7 aliphatic rings. The first-order valence-electron chi connectivity index (χ1n) is 22.8. The summed E-state index contributed by atoms with van der Waals surface area (Å²) in [5.41, 5.74) is 3.76. The number of nitrogens with one attached hydrogen (secondary N) is 2. The van der Waals surface area contributed by atoms with Crippen molar-refractivity contribution in [2.24, 2.45) is 29.6 Å². The van der Waals surface area contributed by atoms with E-state index in [1.54, 1.807) is 18.2 Å². The topological polar surface area (TPSA) is 170 Å². The minimum absolute atomic E-state index is 0.00944. The fraction of sp³-hybridized carbons (Fsp3) is 0.609. The Balaban J connectivity index is 0.000000192. The fourth-order valence-corrected chi connectivity index (χ4v) is 15.6. The quantitative estimate of drug-likeness (QED) is 0.201. The summed E-state index contributed by atoms with van der Waals surface area (Å²) in [6, 6.07) is 15.1. The molecule has 3 N–H and O–H groups in total. The molecule has 2 spiro atoms. The number of fused-ring (bicyclic) bond motifs is 2. The Morgan fingerprint density at radius 2 is 1.16 bits per heavy atom. The summed E-state index contributed by atoms with van der Waals surface area (Å²) >= 11 is 0. The van der Waals surface area contributed by atoms with E-state index in [1.165, 1.54) is 0 Å². The molecule has 2 saturated carbocycles. The first kappa shape index (κ1) is 51.3. The van der Waals surface area contributed by atoms with Crippen LogP contribution in [0.2, 0.25) is 0 Å². The van der Waals surface area contributed by atoms with Gasteiger partial charge in [-0.05, 0) is 140 Å². The predicted octanol–water partition coefficient (Wildman–Crippen LogP) is 6.82. The zero-order chi connectivity index (χ0) is 50.1. The lowest BCUT2D eigenvalue weighted by Crippen LogP contribution is -2.52. The van der Waals surface area contributed by atoms with Gasteiger partial charge in [0.15, 0.2) is 0 Å². The second-order valence-corrected chi connectivity index (χ2v) is 23.1. The van der Waals surface area contributed by atoms with Crippen LogP contribution in [0.25, 0.3) is 6.08 Å². The van der Waals surface area contributed by atoms with Gasteiger partial charge in [0.05, 0.1) is 34.7 Å². The van der Waals surface area contributed by atoms with Gasteiger partial charge >= 0.3 is 18.5 Å². The monoisotopic (exact) mass is 1020 g/mol. The Labute approximate surface area is 395 Å². The molecule has 5 fully saturated rings. The highest BCUT2D eigenvalue weighted by Crippen LogP contribution is 2.52. The van der Waals surface area contributed by atoms with Crippen molar-refractivity contribution in [3.05, 3.63) is 87.5 Å². The molecule has 0 radical (unpaired) electrons. The van der Waals surface area contributed by atoms with Crippen LogP contribution in [0.5, 0.6) is 0 Å². The number of alkyl halides is 9. The summed E-state index contributed by atoms with van der Waals surface area (Å²) in [4.78, 5) is 1.85. The maximum Gasteiger partial charge on any atom is 0.402 e. The van der Waals surface area contributed by atoms with Gasteiger partial charge in [0, 0.05) is 25.2 Å². The highest BCUT2D eigenvalue weighted by Gasteiger charge is 2.62. The molecule has 0 aromatic heterocycles. The number of aliphatic hydroxyl groups is 1. The van der Waals surface area contributed by atoms with Crippen molar-refractivity contribution in [1.82, 2.24) is 23.0 Å². The van der Waals surface area contributed by atoms with Crippen molar-refractivity contribution in [2.45, 2.75) is 99.9 Å². The minimum atomic E-state index is -4.64. The van der Waals surface area contributed by atoms with Crippen molar-refractivity contribution in [1.29, 1.82) is 10.5 Å². The van der Waals surface area contributed by atoms with E-state index in [0.717, 1.165) is 40.7 Å². The summed E-state index contributed by atoms with van der Waals surface area (Å²) in [7, 11) is -8.48. The third kappa shape index (κ3) is 10.6. The number of aliphatic hydroxyl groups excluding tert-OH is 1. The summed E-state index contributed by atoms with van der Waals surface area (Å²) < 4.78 is 174. The molecular formula is C46H52F9N7O5S2. The van der Waals surface area contributed by atoms with Gasteiger partial charge in [0.2, 0.25) is 0 Å². The van der Waals surface area contributed by atoms with E-state index in [1.807, 2.05) is 35.2 Å². The van der Waals surface area contributed by atoms with Crippen LogP contribution in [0.3, 0.4) is 0 Å². The summed E-state index contributed by atoms with van der Waals surface area (Å²) in [5, 5.41) is 28.9. The van der Waals surface area contributed by atoms with Crippen LogP contribution >= 0.6 is 0 Å². The number of hydrogen-bond acceptors (Lipinski definition) is 8. The zero-order valence-corrected chi connectivity index (χ0v) is 38.9. The van der Waals surface area contributed by atoms with E-state index >= 15 is 0 Å². The highest BCUT2D eigenvalue weighted by molar-refractivity contribution is 7.87. The van der Waals surface area contributed by atoms with Crippen LogP contribution in [0, 0.1) is 52.3 Å². The van der Waals surface area contributed by atoms with Crippen LogP contribution in [-0.4, -0.2) is 111 Å². The van der Waals surface area contributed by atoms with Crippen LogP contribution in [0.1, 0.15) is 78.0 Å².